The normalized spacial score (nSPS) is 11.6. The second-order valence-corrected chi connectivity index (χ2v) is 5.27. The zero-order chi connectivity index (χ0) is 16.2. The highest BCUT2D eigenvalue weighted by Crippen LogP contribution is 2.27. The fourth-order valence-electron chi connectivity index (χ4n) is 1.78. The molecule has 0 saturated carbocycles. The smallest absolute Gasteiger partial charge is 0.349 e. The van der Waals surface area contributed by atoms with Crippen LogP contribution in [0.3, 0.4) is 0 Å². The van der Waals surface area contributed by atoms with Gasteiger partial charge < -0.3 is 5.32 Å². The average Bonchev–Trinajstić information content (AvgIpc) is 3.07. The highest BCUT2D eigenvalue weighted by atomic mass is 32.1. The molecule has 2 heterocycles. The molecule has 120 valence electrons. The molecule has 0 aromatic carbocycles. The van der Waals surface area contributed by atoms with Gasteiger partial charge in [-0.15, -0.1) is 5.10 Å². The van der Waals surface area contributed by atoms with E-state index in [1.54, 1.807) is 0 Å². The predicted octanol–water partition coefficient (Wildman–Crippen LogP) is 2.14. The number of hydrogen-bond donors (Lipinski definition) is 1. The van der Waals surface area contributed by atoms with E-state index in [0.29, 0.717) is 17.0 Å². The number of hydrogen-bond acceptors (Lipinski definition) is 5. The highest BCUT2D eigenvalue weighted by Gasteiger charge is 2.33. The van der Waals surface area contributed by atoms with Crippen LogP contribution in [0.1, 0.15) is 34.4 Å². The molecule has 1 N–H and O–H groups in total. The Hall–Kier alpha value is -1.97. The standard InChI is InChI=1S/C12H14F3N5OS/c1-2-3-8-10(22-19-17-8)11(21)16-5-7-20-6-4-9(18-20)12(13,14)15/h4,6H,2-3,5,7H2,1H3,(H,16,21). The van der Waals surface area contributed by atoms with Crippen LogP contribution >= 0.6 is 11.5 Å². The van der Waals surface area contributed by atoms with Gasteiger partial charge in [0.25, 0.3) is 5.91 Å². The van der Waals surface area contributed by atoms with Gasteiger partial charge in [-0.25, -0.2) is 0 Å². The fraction of sp³-hybridized carbons (Fsp3) is 0.500. The van der Waals surface area contributed by atoms with Crippen LogP contribution in [0.4, 0.5) is 13.2 Å². The van der Waals surface area contributed by atoms with Crippen molar-refractivity contribution in [1.82, 2.24) is 24.7 Å². The minimum Gasteiger partial charge on any atom is -0.349 e. The Labute approximate surface area is 128 Å². The van der Waals surface area contributed by atoms with E-state index >= 15 is 0 Å². The lowest BCUT2D eigenvalue weighted by molar-refractivity contribution is -0.141. The van der Waals surface area contributed by atoms with Crippen molar-refractivity contribution in [2.45, 2.75) is 32.5 Å². The van der Waals surface area contributed by atoms with Gasteiger partial charge in [0.05, 0.1) is 12.2 Å². The van der Waals surface area contributed by atoms with Gasteiger partial charge in [0.1, 0.15) is 4.88 Å². The Kier molecular flexibility index (Phi) is 5.11. The first kappa shape index (κ1) is 16.4. The molecular formula is C12H14F3N5OS. The van der Waals surface area contributed by atoms with E-state index in [1.807, 2.05) is 6.92 Å². The van der Waals surface area contributed by atoms with Crippen LogP contribution in [0.15, 0.2) is 12.3 Å². The monoisotopic (exact) mass is 333 g/mol. The molecule has 0 atom stereocenters. The summed E-state index contributed by atoms with van der Waals surface area (Å²) in [5.74, 6) is -0.318. The van der Waals surface area contributed by atoms with E-state index in [0.717, 1.165) is 28.7 Å². The van der Waals surface area contributed by atoms with Crippen LogP contribution < -0.4 is 5.32 Å². The fourth-order valence-corrected chi connectivity index (χ4v) is 2.41. The number of aromatic nitrogens is 4. The maximum atomic E-state index is 12.4. The third-order valence-electron chi connectivity index (χ3n) is 2.81. The zero-order valence-corrected chi connectivity index (χ0v) is 12.5. The molecule has 2 aromatic rings. The number of aryl methyl sites for hydroxylation is 1. The van der Waals surface area contributed by atoms with Gasteiger partial charge in [-0.2, -0.15) is 18.3 Å². The summed E-state index contributed by atoms with van der Waals surface area (Å²) in [7, 11) is 0. The Morgan fingerprint density at radius 2 is 2.23 bits per heavy atom. The van der Waals surface area contributed by atoms with Gasteiger partial charge in [0.15, 0.2) is 5.69 Å². The topological polar surface area (TPSA) is 72.7 Å². The summed E-state index contributed by atoms with van der Waals surface area (Å²) in [6, 6.07) is 0.897. The maximum Gasteiger partial charge on any atom is 0.435 e. The highest BCUT2D eigenvalue weighted by molar-refractivity contribution is 7.08. The number of amides is 1. The summed E-state index contributed by atoms with van der Waals surface area (Å²) in [5, 5.41) is 9.92. The van der Waals surface area contributed by atoms with Crippen molar-refractivity contribution in [1.29, 1.82) is 0 Å². The van der Waals surface area contributed by atoms with Gasteiger partial charge in [-0.05, 0) is 24.0 Å². The lowest BCUT2D eigenvalue weighted by Gasteiger charge is -2.05. The van der Waals surface area contributed by atoms with Gasteiger partial charge >= 0.3 is 6.18 Å². The molecule has 0 bridgehead atoms. The Morgan fingerprint density at radius 1 is 1.45 bits per heavy atom. The third-order valence-corrected chi connectivity index (χ3v) is 3.57. The summed E-state index contributed by atoms with van der Waals surface area (Å²) < 4.78 is 42.1. The molecule has 0 fully saturated rings. The second kappa shape index (κ2) is 6.86. The molecule has 0 aliphatic rings. The molecule has 10 heteroatoms. The second-order valence-electron chi connectivity index (χ2n) is 4.52. The summed E-state index contributed by atoms with van der Waals surface area (Å²) in [4.78, 5) is 12.4. The molecule has 2 rings (SSSR count). The molecule has 0 unspecified atom stereocenters. The van der Waals surface area contributed by atoms with Gasteiger partial charge in [-0.1, -0.05) is 17.8 Å². The first-order valence-corrected chi connectivity index (χ1v) is 7.39. The summed E-state index contributed by atoms with van der Waals surface area (Å²) >= 11 is 1.01. The average molecular weight is 333 g/mol. The van der Waals surface area contributed by atoms with Gasteiger partial charge in [-0.3, -0.25) is 9.48 Å². The van der Waals surface area contributed by atoms with Crippen molar-refractivity contribution in [2.24, 2.45) is 0 Å². The SMILES string of the molecule is CCCc1nnsc1C(=O)NCCn1ccc(C(F)(F)F)n1. The molecule has 2 aromatic heterocycles. The van der Waals surface area contributed by atoms with E-state index in [2.05, 4.69) is 20.0 Å². The molecule has 0 radical (unpaired) electrons. The molecule has 0 aliphatic heterocycles. The number of halogens is 3. The number of nitrogens with zero attached hydrogens (tertiary/aromatic N) is 4. The molecule has 0 aliphatic carbocycles. The van der Waals surface area contributed by atoms with Crippen LogP contribution in [0.25, 0.3) is 0 Å². The molecule has 1 amide bonds. The first-order chi connectivity index (χ1) is 10.4. The number of alkyl halides is 3. The van der Waals surface area contributed by atoms with Crippen LogP contribution in [0.5, 0.6) is 0 Å². The Morgan fingerprint density at radius 3 is 2.86 bits per heavy atom. The van der Waals surface area contributed by atoms with Crippen LogP contribution in [0.2, 0.25) is 0 Å². The summed E-state index contributed by atoms with van der Waals surface area (Å²) in [6.07, 6.45) is -1.73. The quantitative estimate of drug-likeness (QED) is 0.879. The van der Waals surface area contributed by atoms with E-state index in [4.69, 9.17) is 0 Å². The van der Waals surface area contributed by atoms with Crippen molar-refractivity contribution in [3.63, 3.8) is 0 Å². The Balaban J connectivity index is 1.87. The summed E-state index contributed by atoms with van der Waals surface area (Å²) in [5.41, 5.74) is -0.306. The molecule has 6 nitrogen and oxygen atoms in total. The van der Waals surface area contributed by atoms with Crippen molar-refractivity contribution < 1.29 is 18.0 Å². The van der Waals surface area contributed by atoms with E-state index in [9.17, 15) is 18.0 Å². The Bertz CT molecular complexity index is 637. The number of carbonyl (C=O) groups is 1. The van der Waals surface area contributed by atoms with Gasteiger partial charge in [0.2, 0.25) is 0 Å². The van der Waals surface area contributed by atoms with E-state index in [1.165, 1.54) is 6.20 Å². The maximum absolute atomic E-state index is 12.4. The van der Waals surface area contributed by atoms with Crippen molar-refractivity contribution >= 4 is 17.4 Å². The van der Waals surface area contributed by atoms with Crippen molar-refractivity contribution in [3.05, 3.63) is 28.5 Å². The van der Waals surface area contributed by atoms with Crippen LogP contribution in [-0.4, -0.2) is 31.8 Å². The third kappa shape index (κ3) is 4.03. The van der Waals surface area contributed by atoms with Crippen molar-refractivity contribution in [2.75, 3.05) is 6.54 Å². The van der Waals surface area contributed by atoms with Crippen LogP contribution in [0, 0.1) is 0 Å². The van der Waals surface area contributed by atoms with Crippen LogP contribution in [-0.2, 0) is 19.1 Å². The minimum atomic E-state index is -4.46. The molecule has 22 heavy (non-hydrogen) atoms. The molecule has 0 spiro atoms. The van der Waals surface area contributed by atoms with E-state index in [-0.39, 0.29) is 19.0 Å². The minimum absolute atomic E-state index is 0.150. The van der Waals surface area contributed by atoms with Gasteiger partial charge in [0, 0.05) is 12.7 Å². The first-order valence-electron chi connectivity index (χ1n) is 6.62. The lowest BCUT2D eigenvalue weighted by atomic mass is 10.2. The molecule has 0 saturated heterocycles. The number of carbonyl (C=O) groups excluding carboxylic acids is 1. The summed E-state index contributed by atoms with van der Waals surface area (Å²) in [6.45, 7) is 2.29. The largest absolute Gasteiger partial charge is 0.435 e. The molecular weight excluding hydrogens is 319 g/mol. The number of nitrogens with one attached hydrogen (secondary N) is 1. The van der Waals surface area contributed by atoms with Crippen molar-refractivity contribution in [3.8, 4) is 0 Å². The predicted molar refractivity (Wildman–Crippen MR) is 73.5 cm³/mol. The van der Waals surface area contributed by atoms with E-state index < -0.39 is 11.9 Å². The zero-order valence-electron chi connectivity index (χ0n) is 11.7. The lowest BCUT2D eigenvalue weighted by Crippen LogP contribution is -2.27. The number of rotatable bonds is 6.